The van der Waals surface area contributed by atoms with Gasteiger partial charge < -0.3 is 4.74 Å². The van der Waals surface area contributed by atoms with Crippen LogP contribution in [-0.2, 0) is 4.74 Å². The Kier molecular flexibility index (Phi) is 2.50. The van der Waals surface area contributed by atoms with E-state index in [4.69, 9.17) is 16.3 Å². The van der Waals surface area contributed by atoms with Crippen LogP contribution in [0.25, 0.3) is 0 Å². The molecule has 1 heterocycles. The lowest BCUT2D eigenvalue weighted by atomic mass is 9.75. The molecule has 0 aliphatic carbocycles. The zero-order valence-corrected chi connectivity index (χ0v) is 8.48. The molecule has 0 aromatic rings. The molecule has 0 N–H and O–H groups in total. The molecule has 3 atom stereocenters. The fourth-order valence-corrected chi connectivity index (χ4v) is 2.66. The molecule has 1 aliphatic heterocycles. The predicted molar refractivity (Wildman–Crippen MR) is 47.7 cm³/mol. The highest BCUT2D eigenvalue weighted by Crippen LogP contribution is 2.41. The maximum absolute atomic E-state index is 6.04. The van der Waals surface area contributed by atoms with Crippen molar-refractivity contribution in [3.05, 3.63) is 0 Å². The van der Waals surface area contributed by atoms with Crippen LogP contribution >= 0.6 is 11.6 Å². The average Bonchev–Trinajstić information content (AvgIpc) is 2.08. The lowest BCUT2D eigenvalue weighted by molar-refractivity contribution is 0.118. The van der Waals surface area contributed by atoms with Gasteiger partial charge in [-0.3, -0.25) is 0 Å². The first kappa shape index (κ1) is 9.34. The Balaban J connectivity index is 2.69. The predicted octanol–water partition coefficient (Wildman–Crippen LogP) is 2.88. The first-order valence-corrected chi connectivity index (χ1v) is 4.62. The van der Waals surface area contributed by atoms with E-state index in [0.717, 1.165) is 6.61 Å². The molecule has 0 aromatic carbocycles. The molecule has 1 fully saturated rings. The molecule has 0 aromatic heterocycles. The highest BCUT2D eigenvalue weighted by atomic mass is 35.5. The summed E-state index contributed by atoms with van der Waals surface area (Å²) in [5.74, 6) is 1.08. The fraction of sp³-hybridized carbons (Fsp3) is 1.00. The summed E-state index contributed by atoms with van der Waals surface area (Å²) in [4.78, 5) is 0. The third-order valence-electron chi connectivity index (χ3n) is 2.41. The Morgan fingerprint density at radius 1 is 1.36 bits per heavy atom. The second-order valence-corrected chi connectivity index (χ2v) is 4.98. The average molecular weight is 177 g/mol. The maximum atomic E-state index is 6.04. The SMILES string of the molecule is CC1COC(Cl)C1C(C)(C)C. The molecule has 3 unspecified atom stereocenters. The van der Waals surface area contributed by atoms with Crippen LogP contribution in [0.4, 0.5) is 0 Å². The maximum Gasteiger partial charge on any atom is 0.134 e. The zero-order valence-electron chi connectivity index (χ0n) is 7.73. The summed E-state index contributed by atoms with van der Waals surface area (Å²) >= 11 is 6.04. The van der Waals surface area contributed by atoms with Crippen LogP contribution in [0.5, 0.6) is 0 Å². The first-order valence-electron chi connectivity index (χ1n) is 4.18. The number of hydrogen-bond acceptors (Lipinski definition) is 1. The summed E-state index contributed by atoms with van der Waals surface area (Å²) in [5.41, 5.74) is 0.187. The largest absolute Gasteiger partial charge is 0.362 e. The number of hydrogen-bond donors (Lipinski definition) is 0. The second-order valence-electron chi connectivity index (χ2n) is 4.55. The number of ether oxygens (including phenoxy) is 1. The van der Waals surface area contributed by atoms with Gasteiger partial charge in [0, 0.05) is 5.92 Å². The zero-order chi connectivity index (χ0) is 8.65. The molecule has 0 saturated carbocycles. The van der Waals surface area contributed by atoms with E-state index in [1.807, 2.05) is 0 Å². The number of rotatable bonds is 0. The van der Waals surface area contributed by atoms with Crippen molar-refractivity contribution in [1.29, 1.82) is 0 Å². The van der Waals surface area contributed by atoms with Gasteiger partial charge in [-0.2, -0.15) is 0 Å². The lowest BCUT2D eigenvalue weighted by Gasteiger charge is -2.31. The van der Waals surface area contributed by atoms with Crippen LogP contribution < -0.4 is 0 Å². The molecule has 0 amide bonds. The van der Waals surface area contributed by atoms with E-state index < -0.39 is 0 Å². The summed E-state index contributed by atoms with van der Waals surface area (Å²) in [7, 11) is 0. The van der Waals surface area contributed by atoms with Crippen molar-refractivity contribution in [1.82, 2.24) is 0 Å². The Labute approximate surface area is 74.1 Å². The summed E-state index contributed by atoms with van der Waals surface area (Å²) in [5, 5.41) is 0. The molecule has 11 heavy (non-hydrogen) atoms. The molecule has 1 aliphatic rings. The minimum Gasteiger partial charge on any atom is -0.362 e. The van der Waals surface area contributed by atoms with Crippen molar-refractivity contribution in [3.63, 3.8) is 0 Å². The lowest BCUT2D eigenvalue weighted by Crippen LogP contribution is -2.29. The van der Waals surface area contributed by atoms with Crippen LogP contribution in [-0.4, -0.2) is 12.2 Å². The molecule has 2 heteroatoms. The molecule has 1 rings (SSSR count). The molecule has 0 radical (unpaired) electrons. The van der Waals surface area contributed by atoms with Gasteiger partial charge in [0.05, 0.1) is 6.61 Å². The Bertz CT molecular complexity index is 129. The molecular weight excluding hydrogens is 160 g/mol. The first-order chi connectivity index (χ1) is 4.93. The molecule has 0 spiro atoms. The van der Waals surface area contributed by atoms with E-state index in [-0.39, 0.29) is 11.0 Å². The van der Waals surface area contributed by atoms with E-state index in [1.54, 1.807) is 0 Å². The van der Waals surface area contributed by atoms with Gasteiger partial charge in [-0.05, 0) is 11.3 Å². The van der Waals surface area contributed by atoms with Gasteiger partial charge in [0.1, 0.15) is 5.56 Å². The second kappa shape index (κ2) is 2.95. The minimum absolute atomic E-state index is 0.0787. The molecule has 1 saturated heterocycles. The number of halogens is 1. The van der Waals surface area contributed by atoms with Gasteiger partial charge >= 0.3 is 0 Å². The van der Waals surface area contributed by atoms with Crippen LogP contribution in [0, 0.1) is 17.3 Å². The smallest absolute Gasteiger partial charge is 0.134 e. The summed E-state index contributed by atoms with van der Waals surface area (Å²) < 4.78 is 5.37. The molecule has 66 valence electrons. The van der Waals surface area contributed by atoms with E-state index >= 15 is 0 Å². The van der Waals surface area contributed by atoms with Crippen LogP contribution in [0.15, 0.2) is 0 Å². The Morgan fingerprint density at radius 2 is 1.91 bits per heavy atom. The van der Waals surface area contributed by atoms with E-state index in [1.165, 1.54) is 0 Å². The quantitative estimate of drug-likeness (QED) is 0.516. The van der Waals surface area contributed by atoms with Gasteiger partial charge in [-0.25, -0.2) is 0 Å². The molecular formula is C9H17ClO. The van der Waals surface area contributed by atoms with Crippen molar-refractivity contribution in [2.45, 2.75) is 33.3 Å². The van der Waals surface area contributed by atoms with E-state index in [0.29, 0.717) is 11.8 Å². The van der Waals surface area contributed by atoms with Crippen molar-refractivity contribution in [2.75, 3.05) is 6.61 Å². The van der Waals surface area contributed by atoms with Gasteiger partial charge in [-0.1, -0.05) is 39.3 Å². The monoisotopic (exact) mass is 176 g/mol. The standard InChI is InChI=1S/C9H17ClO/c1-6-5-11-8(10)7(6)9(2,3)4/h6-8H,5H2,1-4H3. The highest BCUT2D eigenvalue weighted by molar-refractivity contribution is 6.20. The van der Waals surface area contributed by atoms with Crippen molar-refractivity contribution in [3.8, 4) is 0 Å². The summed E-state index contributed by atoms with van der Waals surface area (Å²) in [6.07, 6.45) is 0. The van der Waals surface area contributed by atoms with Gasteiger partial charge in [0.15, 0.2) is 0 Å². The third kappa shape index (κ3) is 1.88. The van der Waals surface area contributed by atoms with E-state index in [9.17, 15) is 0 Å². The van der Waals surface area contributed by atoms with Crippen molar-refractivity contribution >= 4 is 11.6 Å². The van der Waals surface area contributed by atoms with Crippen LogP contribution in [0.1, 0.15) is 27.7 Å². The van der Waals surface area contributed by atoms with Crippen molar-refractivity contribution in [2.24, 2.45) is 17.3 Å². The molecule has 1 nitrogen and oxygen atoms in total. The van der Waals surface area contributed by atoms with Crippen LogP contribution in [0.3, 0.4) is 0 Å². The van der Waals surface area contributed by atoms with Gasteiger partial charge in [0.2, 0.25) is 0 Å². The van der Waals surface area contributed by atoms with Gasteiger partial charge in [-0.15, -0.1) is 0 Å². The Morgan fingerprint density at radius 3 is 2.09 bits per heavy atom. The van der Waals surface area contributed by atoms with E-state index in [2.05, 4.69) is 27.7 Å². The third-order valence-corrected chi connectivity index (χ3v) is 2.81. The van der Waals surface area contributed by atoms with Gasteiger partial charge in [0.25, 0.3) is 0 Å². The summed E-state index contributed by atoms with van der Waals surface area (Å²) in [6.45, 7) is 9.68. The normalized spacial score (nSPS) is 39.5. The Hall–Kier alpha value is 0.250. The highest BCUT2D eigenvalue weighted by Gasteiger charge is 2.40. The van der Waals surface area contributed by atoms with Crippen LogP contribution in [0.2, 0.25) is 0 Å². The minimum atomic E-state index is -0.0787. The number of alkyl halides is 1. The fourth-order valence-electron chi connectivity index (χ4n) is 1.96. The topological polar surface area (TPSA) is 9.23 Å². The van der Waals surface area contributed by atoms with Crippen molar-refractivity contribution < 1.29 is 4.74 Å². The summed E-state index contributed by atoms with van der Waals surface area (Å²) in [6, 6.07) is 0. The molecule has 0 bridgehead atoms.